The number of carbonyl (C=O) groups is 1. The van der Waals surface area contributed by atoms with Crippen LogP contribution in [0.2, 0.25) is 0 Å². The molecule has 0 bridgehead atoms. The van der Waals surface area contributed by atoms with Gasteiger partial charge in [0.2, 0.25) is 9.84 Å². The van der Waals surface area contributed by atoms with Gasteiger partial charge in [0, 0.05) is 44.9 Å². The van der Waals surface area contributed by atoms with Crippen LogP contribution in [0.1, 0.15) is 36.1 Å². The first-order valence-electron chi connectivity index (χ1n) is 9.15. The van der Waals surface area contributed by atoms with Crippen molar-refractivity contribution < 1.29 is 17.9 Å². The van der Waals surface area contributed by atoms with E-state index in [-0.39, 0.29) is 30.0 Å². The number of nitrogens with one attached hydrogen (secondary N) is 1. The number of hydrogen-bond acceptors (Lipinski definition) is 7. The summed E-state index contributed by atoms with van der Waals surface area (Å²) in [5, 5.41) is 2.03. The maximum atomic E-state index is 11.7. The van der Waals surface area contributed by atoms with E-state index in [0.717, 1.165) is 25.9 Å². The van der Waals surface area contributed by atoms with Crippen LogP contribution < -0.4 is 16.8 Å². The molecular weight excluding hydrogens is 368 g/mol. The number of nitrogens with two attached hydrogens (primary N) is 2. The number of sulfone groups is 1. The maximum absolute atomic E-state index is 11.7. The smallest absolute Gasteiger partial charge is 0.333 e. The lowest BCUT2D eigenvalue weighted by Crippen LogP contribution is -2.60. The van der Waals surface area contributed by atoms with Crippen molar-refractivity contribution in [3.63, 3.8) is 0 Å². The predicted molar refractivity (Wildman–Crippen MR) is 103 cm³/mol. The van der Waals surface area contributed by atoms with Crippen LogP contribution in [-0.2, 0) is 14.6 Å². The molecule has 0 radical (unpaired) electrons. The van der Waals surface area contributed by atoms with E-state index < -0.39 is 15.1 Å². The molecule has 1 aromatic carbocycles. The number of benzene rings is 1. The highest BCUT2D eigenvalue weighted by Crippen LogP contribution is 2.43. The Balaban J connectivity index is 1.77. The van der Waals surface area contributed by atoms with E-state index in [9.17, 15) is 13.2 Å². The Morgan fingerprint density at radius 1 is 1.37 bits per heavy atom. The Kier molecular flexibility index (Phi) is 5.87. The first-order chi connectivity index (χ1) is 12.8. The maximum Gasteiger partial charge on any atom is 0.333 e. The molecule has 1 aromatic rings. The summed E-state index contributed by atoms with van der Waals surface area (Å²) in [6, 6.07) is 8.48. The average Bonchev–Trinajstić information content (AvgIpc) is 2.67. The molecule has 2 heterocycles. The summed E-state index contributed by atoms with van der Waals surface area (Å²) in [7, 11) is -2.18. The number of nitrogens with zero attached hydrogens (tertiary/aromatic N) is 1. The Morgan fingerprint density at radius 2 is 2.07 bits per heavy atom. The van der Waals surface area contributed by atoms with Crippen LogP contribution in [0.4, 0.5) is 4.79 Å². The van der Waals surface area contributed by atoms with Crippen molar-refractivity contribution in [2.45, 2.75) is 30.5 Å². The van der Waals surface area contributed by atoms with Crippen LogP contribution in [0.25, 0.3) is 0 Å². The van der Waals surface area contributed by atoms with Crippen LogP contribution >= 0.6 is 0 Å². The Labute approximate surface area is 160 Å². The molecule has 8 nitrogen and oxygen atoms in total. The third-order valence-corrected chi connectivity index (χ3v) is 7.21. The van der Waals surface area contributed by atoms with Crippen molar-refractivity contribution >= 4 is 15.1 Å². The minimum atomic E-state index is -3.91. The minimum absolute atomic E-state index is 0.0523. The van der Waals surface area contributed by atoms with E-state index in [1.807, 2.05) is 12.1 Å². The largest absolute Gasteiger partial charge is 0.375 e. The Morgan fingerprint density at radius 3 is 2.70 bits per heavy atom. The Bertz CT molecular complexity index is 800. The van der Waals surface area contributed by atoms with Crippen LogP contribution in [0, 0.1) is 0 Å². The standard InChI is InChI=1S/C18H28N4O4S/c1-26-16-11-22-8-6-18(12-19,21-7-9-27(24,25)17(20)23)10-15(22)13-4-2-3-5-14(13)16/h2-5,15-16,21H,6-12,19H2,1H3,(H2,20,23). The van der Waals surface area contributed by atoms with Crippen molar-refractivity contribution in [1.82, 2.24) is 10.2 Å². The summed E-state index contributed by atoms with van der Waals surface area (Å²) in [5.41, 5.74) is 13.1. The highest BCUT2D eigenvalue weighted by Gasteiger charge is 2.43. The van der Waals surface area contributed by atoms with Gasteiger partial charge >= 0.3 is 5.24 Å². The lowest BCUT2D eigenvalue weighted by atomic mass is 9.77. The predicted octanol–water partition coefficient (Wildman–Crippen LogP) is 0.305. The van der Waals surface area contributed by atoms with Crippen molar-refractivity contribution in [1.29, 1.82) is 0 Å². The summed E-state index contributed by atoms with van der Waals surface area (Å²) >= 11 is 0. The van der Waals surface area contributed by atoms with E-state index in [2.05, 4.69) is 22.3 Å². The van der Waals surface area contributed by atoms with Crippen LogP contribution in [0.5, 0.6) is 0 Å². The molecule has 2 aliphatic rings. The number of hydrogen-bond donors (Lipinski definition) is 3. The highest BCUT2D eigenvalue weighted by atomic mass is 32.2. The van der Waals surface area contributed by atoms with E-state index in [1.165, 1.54) is 11.1 Å². The fraction of sp³-hybridized carbons (Fsp3) is 0.611. The second kappa shape index (κ2) is 7.84. The third kappa shape index (κ3) is 4.02. The number of carbonyl (C=O) groups excluding carboxylic acids is 1. The second-order valence-electron chi connectivity index (χ2n) is 7.37. The summed E-state index contributed by atoms with van der Waals surface area (Å²) < 4.78 is 29.0. The zero-order valence-electron chi connectivity index (χ0n) is 15.6. The molecule has 2 aliphatic heterocycles. The molecule has 5 N–H and O–H groups in total. The van der Waals surface area contributed by atoms with E-state index in [1.54, 1.807) is 7.11 Å². The molecule has 3 rings (SSSR count). The van der Waals surface area contributed by atoms with E-state index in [4.69, 9.17) is 16.2 Å². The van der Waals surface area contributed by atoms with Gasteiger partial charge in [0.25, 0.3) is 0 Å². The van der Waals surface area contributed by atoms with Gasteiger partial charge in [-0.3, -0.25) is 9.69 Å². The number of rotatable bonds is 6. The number of piperidine rings is 1. The quantitative estimate of drug-likeness (QED) is 0.631. The average molecular weight is 397 g/mol. The Hall–Kier alpha value is -1.52. The lowest BCUT2D eigenvalue weighted by molar-refractivity contribution is -0.00240. The van der Waals surface area contributed by atoms with Gasteiger partial charge in [-0.2, -0.15) is 0 Å². The molecule has 3 unspecified atom stereocenters. The number of primary amides is 1. The van der Waals surface area contributed by atoms with E-state index in [0.29, 0.717) is 6.54 Å². The summed E-state index contributed by atoms with van der Waals surface area (Å²) in [4.78, 5) is 13.4. The topological polar surface area (TPSA) is 128 Å². The van der Waals surface area contributed by atoms with Crippen LogP contribution in [0.3, 0.4) is 0 Å². The molecule has 1 amide bonds. The summed E-state index contributed by atoms with van der Waals surface area (Å²) in [6.45, 7) is 2.21. The molecule has 0 aromatic heterocycles. The first-order valence-corrected chi connectivity index (χ1v) is 10.8. The number of fused-ring (bicyclic) bond motifs is 3. The van der Waals surface area contributed by atoms with Gasteiger partial charge in [0.05, 0.1) is 11.9 Å². The normalized spacial score (nSPS) is 28.4. The second-order valence-corrected chi connectivity index (χ2v) is 9.41. The molecule has 9 heteroatoms. The molecular formula is C18H28N4O4S. The molecule has 150 valence electrons. The van der Waals surface area contributed by atoms with Crippen LogP contribution in [-0.4, -0.2) is 63.1 Å². The van der Waals surface area contributed by atoms with Crippen molar-refractivity contribution in [3.8, 4) is 0 Å². The lowest BCUT2D eigenvalue weighted by Gasteiger charge is -2.50. The minimum Gasteiger partial charge on any atom is -0.375 e. The summed E-state index contributed by atoms with van der Waals surface area (Å²) in [5.74, 6) is -0.319. The van der Waals surface area contributed by atoms with Gasteiger partial charge in [-0.25, -0.2) is 8.42 Å². The fourth-order valence-corrected chi connectivity index (χ4v) is 4.80. The number of ether oxygens (including phenoxy) is 1. The molecule has 0 aliphatic carbocycles. The molecule has 27 heavy (non-hydrogen) atoms. The monoisotopic (exact) mass is 396 g/mol. The molecule has 1 fully saturated rings. The zero-order valence-corrected chi connectivity index (χ0v) is 16.4. The third-order valence-electron chi connectivity index (χ3n) is 5.86. The number of methoxy groups -OCH3 is 1. The SMILES string of the molecule is COC1CN2CCC(CN)(NCCS(=O)(=O)C(N)=O)CC2c2ccccc21. The summed E-state index contributed by atoms with van der Waals surface area (Å²) in [6.07, 6.45) is 1.62. The molecule has 0 saturated carbocycles. The molecule has 3 atom stereocenters. The van der Waals surface area contributed by atoms with Gasteiger partial charge in [0.1, 0.15) is 0 Å². The molecule has 0 spiro atoms. The van der Waals surface area contributed by atoms with Crippen molar-refractivity contribution in [2.24, 2.45) is 11.5 Å². The van der Waals surface area contributed by atoms with Crippen LogP contribution in [0.15, 0.2) is 24.3 Å². The van der Waals surface area contributed by atoms with Gasteiger partial charge in [-0.1, -0.05) is 24.3 Å². The highest BCUT2D eigenvalue weighted by molar-refractivity contribution is 8.05. The zero-order chi connectivity index (χ0) is 19.7. The van der Waals surface area contributed by atoms with E-state index >= 15 is 0 Å². The first kappa shape index (κ1) is 20.2. The number of amides is 1. The fourth-order valence-electron chi connectivity index (χ4n) is 4.23. The van der Waals surface area contributed by atoms with Gasteiger partial charge < -0.3 is 21.5 Å². The molecule has 1 saturated heterocycles. The van der Waals surface area contributed by atoms with Crippen molar-refractivity contribution in [3.05, 3.63) is 35.4 Å². The van der Waals surface area contributed by atoms with Gasteiger partial charge in [0.15, 0.2) is 0 Å². The van der Waals surface area contributed by atoms with Gasteiger partial charge in [-0.05, 0) is 24.0 Å². The van der Waals surface area contributed by atoms with Crippen molar-refractivity contribution in [2.75, 3.05) is 39.0 Å². The van der Waals surface area contributed by atoms with Gasteiger partial charge in [-0.15, -0.1) is 0 Å².